The van der Waals surface area contributed by atoms with E-state index in [1.54, 1.807) is 12.4 Å². The summed E-state index contributed by atoms with van der Waals surface area (Å²) in [6, 6.07) is 0. The second kappa shape index (κ2) is 4.91. The first-order valence-corrected chi connectivity index (χ1v) is 5.14. The maximum atomic E-state index is 8.92. The van der Waals surface area contributed by atoms with Crippen LogP contribution in [0.4, 0.5) is 0 Å². The van der Waals surface area contributed by atoms with E-state index in [0.717, 1.165) is 11.4 Å². The molecule has 0 spiro atoms. The van der Waals surface area contributed by atoms with Crippen LogP contribution in [0.2, 0.25) is 0 Å². The Labute approximate surface area is 92.4 Å². The number of H-pyrrole nitrogens is 2. The number of imidazole rings is 2. The Kier molecular flexibility index (Phi) is 3.33. The first kappa shape index (κ1) is 10.8. The highest BCUT2D eigenvalue weighted by atomic mass is 16.3. The van der Waals surface area contributed by atoms with Gasteiger partial charge in [-0.3, -0.25) is 0 Å². The number of hydrogen-bond acceptors (Lipinski definition) is 4. The van der Waals surface area contributed by atoms with Gasteiger partial charge >= 0.3 is 0 Å². The van der Waals surface area contributed by atoms with E-state index in [1.165, 1.54) is 0 Å². The van der Waals surface area contributed by atoms with Gasteiger partial charge in [0.05, 0.1) is 5.69 Å². The minimum Gasteiger partial charge on any atom is -0.396 e. The average molecular weight is 222 g/mol. The standard InChI is InChI=1S/C10H14N4O2/c15-5-1-7-8(2-6-16)14-10(13-7)9-11-3-4-12-9/h3-4,15-16H,1-2,5-6H2,(H,11,12)(H,13,14). The molecule has 0 radical (unpaired) electrons. The molecule has 4 N–H and O–H groups in total. The summed E-state index contributed by atoms with van der Waals surface area (Å²) < 4.78 is 0. The van der Waals surface area contributed by atoms with Crippen molar-refractivity contribution in [3.8, 4) is 11.6 Å². The SMILES string of the molecule is OCCc1nc(-c2ncc[nH]2)[nH]c1CCO. The van der Waals surface area contributed by atoms with Crippen LogP contribution in [-0.4, -0.2) is 43.4 Å². The molecular formula is C10H14N4O2. The lowest BCUT2D eigenvalue weighted by molar-refractivity contribution is 0.291. The van der Waals surface area contributed by atoms with E-state index in [9.17, 15) is 0 Å². The van der Waals surface area contributed by atoms with E-state index in [0.29, 0.717) is 24.5 Å². The van der Waals surface area contributed by atoms with Crippen molar-refractivity contribution in [1.29, 1.82) is 0 Å². The van der Waals surface area contributed by atoms with Crippen molar-refractivity contribution in [2.45, 2.75) is 12.8 Å². The summed E-state index contributed by atoms with van der Waals surface area (Å²) in [6.07, 6.45) is 4.35. The summed E-state index contributed by atoms with van der Waals surface area (Å²) in [7, 11) is 0. The van der Waals surface area contributed by atoms with Gasteiger partial charge in [-0.05, 0) is 0 Å². The minimum atomic E-state index is 0.0425. The largest absolute Gasteiger partial charge is 0.396 e. The van der Waals surface area contributed by atoms with Gasteiger partial charge in [0.15, 0.2) is 11.6 Å². The lowest BCUT2D eigenvalue weighted by Gasteiger charge is -1.96. The Bertz CT molecular complexity index is 412. The Balaban J connectivity index is 2.30. The lowest BCUT2D eigenvalue weighted by atomic mass is 10.2. The van der Waals surface area contributed by atoms with Gasteiger partial charge in [0.2, 0.25) is 0 Å². The number of hydrogen-bond donors (Lipinski definition) is 4. The third-order valence-electron chi connectivity index (χ3n) is 2.30. The van der Waals surface area contributed by atoms with Crippen molar-refractivity contribution in [2.24, 2.45) is 0 Å². The molecule has 0 amide bonds. The summed E-state index contributed by atoms with van der Waals surface area (Å²) in [5.41, 5.74) is 1.63. The Morgan fingerprint density at radius 1 is 1.12 bits per heavy atom. The fourth-order valence-electron chi connectivity index (χ4n) is 1.58. The van der Waals surface area contributed by atoms with Crippen LogP contribution < -0.4 is 0 Å². The van der Waals surface area contributed by atoms with Gasteiger partial charge in [-0.15, -0.1) is 0 Å². The fourth-order valence-corrected chi connectivity index (χ4v) is 1.58. The average Bonchev–Trinajstić information content (AvgIpc) is 2.89. The molecule has 2 rings (SSSR count). The molecule has 86 valence electrons. The van der Waals surface area contributed by atoms with E-state index in [-0.39, 0.29) is 13.2 Å². The first-order chi connectivity index (χ1) is 7.85. The molecular weight excluding hydrogens is 208 g/mol. The van der Waals surface area contributed by atoms with Crippen LogP contribution in [0.25, 0.3) is 11.6 Å². The van der Waals surface area contributed by atoms with Crippen LogP contribution in [0.1, 0.15) is 11.4 Å². The van der Waals surface area contributed by atoms with Crippen molar-refractivity contribution >= 4 is 0 Å². The molecule has 16 heavy (non-hydrogen) atoms. The third kappa shape index (κ3) is 2.12. The maximum absolute atomic E-state index is 8.92. The summed E-state index contributed by atoms with van der Waals surface area (Å²) in [6.45, 7) is 0.0963. The summed E-state index contributed by atoms with van der Waals surface area (Å²) in [5, 5.41) is 17.8. The summed E-state index contributed by atoms with van der Waals surface area (Å²) in [5.74, 6) is 1.29. The molecule has 6 heteroatoms. The molecule has 0 aliphatic heterocycles. The van der Waals surface area contributed by atoms with Gasteiger partial charge in [-0.2, -0.15) is 0 Å². The molecule has 2 aromatic rings. The molecule has 0 unspecified atom stereocenters. The molecule has 0 bridgehead atoms. The smallest absolute Gasteiger partial charge is 0.174 e. The third-order valence-corrected chi connectivity index (χ3v) is 2.30. The van der Waals surface area contributed by atoms with Crippen molar-refractivity contribution in [3.63, 3.8) is 0 Å². The predicted molar refractivity (Wildman–Crippen MR) is 57.7 cm³/mol. The molecule has 0 saturated heterocycles. The molecule has 6 nitrogen and oxygen atoms in total. The van der Waals surface area contributed by atoms with Crippen LogP contribution in [0.3, 0.4) is 0 Å². The Morgan fingerprint density at radius 3 is 2.56 bits per heavy atom. The highest BCUT2D eigenvalue weighted by Gasteiger charge is 2.11. The molecule has 0 fully saturated rings. The number of aromatic amines is 2. The zero-order chi connectivity index (χ0) is 11.4. The number of aliphatic hydroxyl groups is 2. The van der Waals surface area contributed by atoms with Crippen molar-refractivity contribution < 1.29 is 10.2 Å². The van der Waals surface area contributed by atoms with Crippen molar-refractivity contribution in [2.75, 3.05) is 13.2 Å². The van der Waals surface area contributed by atoms with Crippen LogP contribution in [0.15, 0.2) is 12.4 Å². The topological polar surface area (TPSA) is 97.8 Å². The van der Waals surface area contributed by atoms with E-state index in [2.05, 4.69) is 19.9 Å². The number of nitrogens with one attached hydrogen (secondary N) is 2. The molecule has 2 aromatic heterocycles. The lowest BCUT2D eigenvalue weighted by Crippen LogP contribution is -1.99. The summed E-state index contributed by atoms with van der Waals surface area (Å²) in [4.78, 5) is 14.5. The molecule has 0 saturated carbocycles. The molecule has 0 atom stereocenters. The number of aliphatic hydroxyl groups excluding tert-OH is 2. The Hall–Kier alpha value is -1.66. The van der Waals surface area contributed by atoms with Crippen molar-refractivity contribution in [3.05, 3.63) is 23.8 Å². The van der Waals surface area contributed by atoms with E-state index in [1.807, 2.05) is 0 Å². The van der Waals surface area contributed by atoms with Gasteiger partial charge in [0, 0.05) is 44.1 Å². The first-order valence-electron chi connectivity index (χ1n) is 5.14. The van der Waals surface area contributed by atoms with Crippen molar-refractivity contribution in [1.82, 2.24) is 19.9 Å². The van der Waals surface area contributed by atoms with Crippen LogP contribution in [-0.2, 0) is 12.8 Å². The number of aromatic nitrogens is 4. The van der Waals surface area contributed by atoms with Gasteiger partial charge in [0.1, 0.15) is 0 Å². The second-order valence-electron chi connectivity index (χ2n) is 3.40. The number of rotatable bonds is 5. The molecule has 0 aliphatic carbocycles. The fraction of sp³-hybridized carbons (Fsp3) is 0.400. The highest BCUT2D eigenvalue weighted by molar-refractivity contribution is 5.44. The van der Waals surface area contributed by atoms with E-state index < -0.39 is 0 Å². The van der Waals surface area contributed by atoms with Gasteiger partial charge in [-0.25, -0.2) is 9.97 Å². The van der Waals surface area contributed by atoms with Gasteiger partial charge in [0.25, 0.3) is 0 Å². The molecule has 0 aromatic carbocycles. The zero-order valence-corrected chi connectivity index (χ0v) is 8.77. The molecule has 0 aliphatic rings. The second-order valence-corrected chi connectivity index (χ2v) is 3.40. The predicted octanol–water partition coefficient (Wildman–Crippen LogP) is -0.131. The van der Waals surface area contributed by atoms with E-state index >= 15 is 0 Å². The maximum Gasteiger partial charge on any atom is 0.174 e. The van der Waals surface area contributed by atoms with E-state index in [4.69, 9.17) is 10.2 Å². The minimum absolute atomic E-state index is 0.0425. The summed E-state index contributed by atoms with van der Waals surface area (Å²) >= 11 is 0. The number of nitrogens with zero attached hydrogens (tertiary/aromatic N) is 2. The monoisotopic (exact) mass is 222 g/mol. The highest BCUT2D eigenvalue weighted by Crippen LogP contribution is 2.15. The van der Waals surface area contributed by atoms with Crippen LogP contribution >= 0.6 is 0 Å². The van der Waals surface area contributed by atoms with Gasteiger partial charge < -0.3 is 20.2 Å². The van der Waals surface area contributed by atoms with Gasteiger partial charge in [-0.1, -0.05) is 0 Å². The zero-order valence-electron chi connectivity index (χ0n) is 8.77. The normalized spacial score (nSPS) is 10.9. The Morgan fingerprint density at radius 2 is 1.94 bits per heavy atom. The molecule has 2 heterocycles. The van der Waals surface area contributed by atoms with Crippen LogP contribution in [0, 0.1) is 0 Å². The quantitative estimate of drug-likeness (QED) is 0.566. The van der Waals surface area contributed by atoms with Crippen LogP contribution in [0.5, 0.6) is 0 Å².